The number of aromatic nitrogens is 2. The van der Waals surface area contributed by atoms with Gasteiger partial charge < -0.3 is 9.73 Å². The lowest BCUT2D eigenvalue weighted by atomic mass is 10.1. The average molecular weight is 347 g/mol. The van der Waals surface area contributed by atoms with Crippen LogP contribution in [-0.4, -0.2) is 15.7 Å². The number of carbonyl (C=O) groups is 1. The first-order valence-electron chi connectivity index (χ1n) is 8.27. The zero-order valence-corrected chi connectivity index (χ0v) is 14.4. The van der Waals surface area contributed by atoms with Crippen molar-refractivity contribution in [2.75, 3.05) is 5.32 Å². The number of nitrogens with zero attached hydrogens (tertiary/aromatic N) is 2. The lowest BCUT2D eigenvalue weighted by Crippen LogP contribution is -2.20. The molecular formula is C20H17N3O3. The molecule has 0 aliphatic carbocycles. The molecule has 1 N–H and O–H groups in total. The summed E-state index contributed by atoms with van der Waals surface area (Å²) in [6, 6.07) is 13.1. The minimum Gasteiger partial charge on any atom is -0.422 e. The molecule has 0 saturated heterocycles. The molecule has 2 heterocycles. The predicted molar refractivity (Wildman–Crippen MR) is 100 cm³/mol. The fraction of sp³-hybridized carbons (Fsp3) is 0.150. The highest BCUT2D eigenvalue weighted by molar-refractivity contribution is 6.03. The van der Waals surface area contributed by atoms with Crippen molar-refractivity contribution >= 4 is 33.5 Å². The summed E-state index contributed by atoms with van der Waals surface area (Å²) >= 11 is 0. The van der Waals surface area contributed by atoms with Gasteiger partial charge in [0.1, 0.15) is 17.5 Å². The van der Waals surface area contributed by atoms with Gasteiger partial charge in [0, 0.05) is 11.1 Å². The summed E-state index contributed by atoms with van der Waals surface area (Å²) in [4.78, 5) is 24.7. The topological polar surface area (TPSA) is 77.1 Å². The van der Waals surface area contributed by atoms with Crippen molar-refractivity contribution in [1.29, 1.82) is 0 Å². The van der Waals surface area contributed by atoms with E-state index in [0.717, 1.165) is 22.2 Å². The van der Waals surface area contributed by atoms with Crippen LogP contribution in [0.5, 0.6) is 0 Å². The van der Waals surface area contributed by atoms with Crippen LogP contribution < -0.4 is 10.9 Å². The molecule has 0 spiro atoms. The van der Waals surface area contributed by atoms with Gasteiger partial charge in [-0.25, -0.2) is 4.79 Å². The second-order valence-corrected chi connectivity index (χ2v) is 6.32. The minimum atomic E-state index is -0.457. The van der Waals surface area contributed by atoms with E-state index in [1.54, 1.807) is 10.7 Å². The molecule has 0 radical (unpaired) electrons. The summed E-state index contributed by atoms with van der Waals surface area (Å²) in [5.74, 6) is -0.210. The van der Waals surface area contributed by atoms with Crippen LogP contribution in [0.15, 0.2) is 57.9 Å². The van der Waals surface area contributed by atoms with E-state index in [4.69, 9.17) is 4.42 Å². The van der Waals surface area contributed by atoms with Crippen LogP contribution in [0.2, 0.25) is 0 Å². The van der Waals surface area contributed by atoms with Gasteiger partial charge in [-0.15, -0.1) is 0 Å². The normalized spacial score (nSPS) is 11.2. The van der Waals surface area contributed by atoms with Crippen molar-refractivity contribution in [3.05, 3.63) is 70.2 Å². The summed E-state index contributed by atoms with van der Waals surface area (Å²) in [6.45, 7) is 3.90. The lowest BCUT2D eigenvalue weighted by molar-refractivity contribution is -0.116. The smallest absolute Gasteiger partial charge is 0.347 e. The Hall–Kier alpha value is -3.41. The summed E-state index contributed by atoms with van der Waals surface area (Å²) in [5, 5.41) is 8.25. The molecule has 6 heteroatoms. The number of benzene rings is 2. The number of aryl methyl sites for hydroxylation is 2. The molecular weight excluding hydrogens is 330 g/mol. The Morgan fingerprint density at radius 3 is 2.77 bits per heavy atom. The molecule has 0 aliphatic heterocycles. The molecule has 2 aromatic carbocycles. The highest BCUT2D eigenvalue weighted by Gasteiger charge is 2.15. The van der Waals surface area contributed by atoms with Crippen LogP contribution in [0.25, 0.3) is 21.9 Å². The molecule has 0 unspecified atom stereocenters. The maximum absolute atomic E-state index is 12.5. The Kier molecular flexibility index (Phi) is 3.80. The van der Waals surface area contributed by atoms with E-state index in [1.807, 2.05) is 50.2 Å². The summed E-state index contributed by atoms with van der Waals surface area (Å²) in [6.07, 6.45) is 1.45. The molecule has 26 heavy (non-hydrogen) atoms. The van der Waals surface area contributed by atoms with Crippen molar-refractivity contribution < 1.29 is 9.21 Å². The number of nitrogens with one attached hydrogen (secondary N) is 1. The van der Waals surface area contributed by atoms with Crippen LogP contribution in [0.3, 0.4) is 0 Å². The summed E-state index contributed by atoms with van der Waals surface area (Å²) < 4.78 is 6.89. The van der Waals surface area contributed by atoms with Gasteiger partial charge in [-0.3, -0.25) is 9.48 Å². The van der Waals surface area contributed by atoms with Crippen LogP contribution in [0.1, 0.15) is 11.1 Å². The molecule has 1 amide bonds. The third-order valence-corrected chi connectivity index (χ3v) is 4.36. The van der Waals surface area contributed by atoms with Crippen molar-refractivity contribution in [2.45, 2.75) is 20.4 Å². The van der Waals surface area contributed by atoms with Crippen molar-refractivity contribution in [2.24, 2.45) is 0 Å². The van der Waals surface area contributed by atoms with Gasteiger partial charge in [-0.2, -0.15) is 5.10 Å². The molecule has 0 atom stereocenters. The van der Waals surface area contributed by atoms with E-state index in [-0.39, 0.29) is 12.5 Å². The van der Waals surface area contributed by atoms with Crippen molar-refractivity contribution in [3.8, 4) is 0 Å². The van der Waals surface area contributed by atoms with Gasteiger partial charge >= 0.3 is 5.63 Å². The largest absolute Gasteiger partial charge is 0.422 e. The first-order valence-corrected chi connectivity index (χ1v) is 8.27. The van der Waals surface area contributed by atoms with E-state index < -0.39 is 5.63 Å². The molecule has 4 aromatic rings. The average Bonchev–Trinajstić information content (AvgIpc) is 3.02. The number of amides is 1. The zero-order chi connectivity index (χ0) is 18.3. The highest BCUT2D eigenvalue weighted by Crippen LogP contribution is 2.24. The molecule has 0 bridgehead atoms. The Bertz CT molecular complexity index is 1200. The summed E-state index contributed by atoms with van der Waals surface area (Å²) in [5.41, 5.74) is 3.41. The standard InChI is InChI=1S/C20H17N3O3/c1-12-7-8-17-14(9-12)19-15(20(25)26-17)10-21-23(19)11-18(24)22-16-6-4-3-5-13(16)2/h3-10H,11H2,1-2H3,(H,22,24). The fourth-order valence-electron chi connectivity index (χ4n) is 3.05. The van der Waals surface area contributed by atoms with Crippen LogP contribution in [0, 0.1) is 13.8 Å². The first-order chi connectivity index (χ1) is 12.5. The zero-order valence-electron chi connectivity index (χ0n) is 14.4. The molecule has 0 fully saturated rings. The molecule has 130 valence electrons. The van der Waals surface area contributed by atoms with Gasteiger partial charge in [0.15, 0.2) is 0 Å². The fourth-order valence-corrected chi connectivity index (χ4v) is 3.05. The molecule has 0 saturated carbocycles. The number of carbonyl (C=O) groups excluding carboxylic acids is 1. The quantitative estimate of drug-likeness (QED) is 0.576. The van der Waals surface area contributed by atoms with Crippen molar-refractivity contribution in [3.63, 3.8) is 0 Å². The Labute approximate surface area is 149 Å². The number of hydrogen-bond donors (Lipinski definition) is 1. The Morgan fingerprint density at radius 1 is 1.15 bits per heavy atom. The van der Waals surface area contributed by atoms with E-state index >= 15 is 0 Å². The highest BCUT2D eigenvalue weighted by atomic mass is 16.4. The number of para-hydroxylation sites is 1. The maximum Gasteiger partial charge on any atom is 0.347 e. The predicted octanol–water partition coefficient (Wildman–Crippen LogP) is 3.40. The number of anilines is 1. The second-order valence-electron chi connectivity index (χ2n) is 6.32. The third kappa shape index (κ3) is 2.75. The minimum absolute atomic E-state index is 0.00430. The van der Waals surface area contributed by atoms with Gasteiger partial charge in [0.2, 0.25) is 5.91 Å². The monoisotopic (exact) mass is 347 g/mol. The van der Waals surface area contributed by atoms with E-state index in [0.29, 0.717) is 16.5 Å². The molecule has 0 aliphatic rings. The Morgan fingerprint density at radius 2 is 1.96 bits per heavy atom. The molecule has 2 aromatic heterocycles. The first kappa shape index (κ1) is 16.1. The second kappa shape index (κ2) is 6.15. The van der Waals surface area contributed by atoms with Crippen LogP contribution in [-0.2, 0) is 11.3 Å². The SMILES string of the molecule is Cc1ccc2oc(=O)c3cnn(CC(=O)Nc4ccccc4C)c3c2c1. The lowest BCUT2D eigenvalue weighted by Gasteiger charge is -2.09. The van der Waals surface area contributed by atoms with Crippen LogP contribution >= 0.6 is 0 Å². The van der Waals surface area contributed by atoms with E-state index in [9.17, 15) is 9.59 Å². The number of hydrogen-bond acceptors (Lipinski definition) is 4. The molecule has 6 nitrogen and oxygen atoms in total. The van der Waals surface area contributed by atoms with E-state index in [2.05, 4.69) is 10.4 Å². The number of rotatable bonds is 3. The van der Waals surface area contributed by atoms with Gasteiger partial charge in [0.05, 0.1) is 11.7 Å². The number of fused-ring (bicyclic) bond motifs is 3. The van der Waals surface area contributed by atoms with Gasteiger partial charge in [0.25, 0.3) is 0 Å². The Balaban J connectivity index is 1.76. The third-order valence-electron chi connectivity index (χ3n) is 4.36. The maximum atomic E-state index is 12.5. The van der Waals surface area contributed by atoms with E-state index in [1.165, 1.54) is 6.20 Å². The summed E-state index contributed by atoms with van der Waals surface area (Å²) in [7, 11) is 0. The van der Waals surface area contributed by atoms with Gasteiger partial charge in [-0.1, -0.05) is 29.8 Å². The van der Waals surface area contributed by atoms with Crippen LogP contribution in [0.4, 0.5) is 5.69 Å². The van der Waals surface area contributed by atoms with Gasteiger partial charge in [-0.05, 0) is 37.6 Å². The van der Waals surface area contributed by atoms with Crippen molar-refractivity contribution in [1.82, 2.24) is 9.78 Å². The molecule has 4 rings (SSSR count).